The standard InChI is InChI=1S/C20H21N3O3/c1-26-20(25)14-10-11-17-16(13-14)19(24)22(15-7-3-2-4-8-15)23(17)18-9-5-6-12-21-18/h5-6,9-13,15H,2-4,7-8H2,1H3. The van der Waals surface area contributed by atoms with Crippen LogP contribution in [0.2, 0.25) is 0 Å². The van der Waals surface area contributed by atoms with E-state index in [1.165, 1.54) is 13.5 Å². The highest BCUT2D eigenvalue weighted by Gasteiger charge is 2.24. The molecule has 1 saturated carbocycles. The van der Waals surface area contributed by atoms with Crippen molar-refractivity contribution in [2.45, 2.75) is 38.1 Å². The molecular weight excluding hydrogens is 330 g/mol. The Labute approximate surface area is 151 Å². The van der Waals surface area contributed by atoms with Crippen LogP contribution < -0.4 is 5.56 Å². The molecule has 0 N–H and O–H groups in total. The van der Waals surface area contributed by atoms with E-state index in [1.807, 2.05) is 27.6 Å². The molecule has 0 spiro atoms. The number of fused-ring (bicyclic) bond motifs is 1. The highest BCUT2D eigenvalue weighted by Crippen LogP contribution is 2.30. The second kappa shape index (κ2) is 6.78. The Morgan fingerprint density at radius 3 is 2.65 bits per heavy atom. The fourth-order valence-corrected chi connectivity index (χ4v) is 3.83. The molecule has 1 aliphatic carbocycles. The Morgan fingerprint density at radius 1 is 1.15 bits per heavy atom. The number of carbonyl (C=O) groups excluding carboxylic acids is 1. The van der Waals surface area contributed by atoms with Gasteiger partial charge in [0.1, 0.15) is 0 Å². The van der Waals surface area contributed by atoms with Crippen molar-refractivity contribution in [3.8, 4) is 5.82 Å². The molecule has 1 fully saturated rings. The summed E-state index contributed by atoms with van der Waals surface area (Å²) >= 11 is 0. The molecule has 3 aromatic rings. The van der Waals surface area contributed by atoms with E-state index >= 15 is 0 Å². The molecular formula is C20H21N3O3. The number of carbonyl (C=O) groups is 1. The molecule has 0 aliphatic heterocycles. The number of benzene rings is 1. The predicted octanol–water partition coefficient (Wildman–Crippen LogP) is 3.48. The number of esters is 1. The highest BCUT2D eigenvalue weighted by atomic mass is 16.5. The van der Waals surface area contributed by atoms with Crippen molar-refractivity contribution in [3.63, 3.8) is 0 Å². The van der Waals surface area contributed by atoms with Gasteiger partial charge in [-0.2, -0.15) is 0 Å². The maximum absolute atomic E-state index is 13.2. The van der Waals surface area contributed by atoms with Gasteiger partial charge in [-0.3, -0.25) is 4.79 Å². The SMILES string of the molecule is COC(=O)c1ccc2c(c1)c(=O)n(C1CCCCC1)n2-c1ccccn1. The molecule has 6 nitrogen and oxygen atoms in total. The molecule has 0 radical (unpaired) electrons. The van der Waals surface area contributed by atoms with E-state index in [0.717, 1.165) is 31.2 Å². The van der Waals surface area contributed by atoms with Gasteiger partial charge in [-0.05, 0) is 43.2 Å². The second-order valence-electron chi connectivity index (χ2n) is 6.66. The first kappa shape index (κ1) is 16.6. The third-order valence-corrected chi connectivity index (χ3v) is 5.09. The maximum Gasteiger partial charge on any atom is 0.337 e. The molecule has 0 atom stereocenters. The minimum absolute atomic E-state index is 0.0803. The smallest absolute Gasteiger partial charge is 0.337 e. The number of nitrogens with zero attached hydrogens (tertiary/aromatic N) is 3. The average molecular weight is 351 g/mol. The monoisotopic (exact) mass is 351 g/mol. The van der Waals surface area contributed by atoms with Crippen molar-refractivity contribution in [3.05, 3.63) is 58.5 Å². The molecule has 0 bridgehead atoms. The fourth-order valence-electron chi connectivity index (χ4n) is 3.83. The lowest BCUT2D eigenvalue weighted by atomic mass is 9.96. The normalized spacial score (nSPS) is 15.3. The molecule has 0 saturated heterocycles. The van der Waals surface area contributed by atoms with Crippen LogP contribution in [0.15, 0.2) is 47.4 Å². The summed E-state index contributed by atoms with van der Waals surface area (Å²) in [6.45, 7) is 0. The van der Waals surface area contributed by atoms with Crippen LogP contribution in [0.25, 0.3) is 16.7 Å². The molecule has 0 amide bonds. The minimum atomic E-state index is -0.443. The van der Waals surface area contributed by atoms with Gasteiger partial charge in [0.15, 0.2) is 5.82 Å². The molecule has 6 heteroatoms. The predicted molar refractivity (Wildman–Crippen MR) is 98.8 cm³/mol. The quantitative estimate of drug-likeness (QED) is 0.678. The molecule has 1 aliphatic rings. The molecule has 0 unspecified atom stereocenters. The van der Waals surface area contributed by atoms with Crippen LogP contribution in [-0.2, 0) is 4.74 Å². The van der Waals surface area contributed by atoms with Gasteiger partial charge in [0.2, 0.25) is 0 Å². The van der Waals surface area contributed by atoms with E-state index in [2.05, 4.69) is 4.98 Å². The molecule has 4 rings (SSSR count). The van der Waals surface area contributed by atoms with Gasteiger partial charge in [-0.25, -0.2) is 19.1 Å². The summed E-state index contributed by atoms with van der Waals surface area (Å²) in [7, 11) is 1.34. The summed E-state index contributed by atoms with van der Waals surface area (Å²) in [5.41, 5.74) is 1.06. The van der Waals surface area contributed by atoms with Crippen LogP contribution in [0.4, 0.5) is 0 Å². The Hall–Kier alpha value is -2.89. The van der Waals surface area contributed by atoms with Crippen molar-refractivity contribution >= 4 is 16.9 Å². The lowest BCUT2D eigenvalue weighted by Crippen LogP contribution is -2.29. The number of hydrogen-bond donors (Lipinski definition) is 0. The largest absolute Gasteiger partial charge is 0.465 e. The van der Waals surface area contributed by atoms with Crippen molar-refractivity contribution in [1.29, 1.82) is 0 Å². The van der Waals surface area contributed by atoms with E-state index in [-0.39, 0.29) is 11.6 Å². The second-order valence-corrected chi connectivity index (χ2v) is 6.66. The van der Waals surface area contributed by atoms with Gasteiger partial charge in [0.05, 0.1) is 29.6 Å². The number of hydrogen-bond acceptors (Lipinski definition) is 4. The fraction of sp³-hybridized carbons (Fsp3) is 0.350. The number of pyridine rings is 1. The zero-order valence-electron chi connectivity index (χ0n) is 14.7. The Balaban J connectivity index is 1.99. The van der Waals surface area contributed by atoms with E-state index in [9.17, 15) is 9.59 Å². The number of ether oxygens (including phenoxy) is 1. The van der Waals surface area contributed by atoms with E-state index in [4.69, 9.17) is 4.74 Å². The maximum atomic E-state index is 13.2. The third kappa shape index (κ3) is 2.71. The highest BCUT2D eigenvalue weighted by molar-refractivity contribution is 5.94. The van der Waals surface area contributed by atoms with Crippen molar-refractivity contribution in [1.82, 2.24) is 14.3 Å². The van der Waals surface area contributed by atoms with Crippen LogP contribution >= 0.6 is 0 Å². The number of aromatic nitrogens is 3. The van der Waals surface area contributed by atoms with Crippen molar-refractivity contribution in [2.75, 3.05) is 7.11 Å². The molecule has 26 heavy (non-hydrogen) atoms. The summed E-state index contributed by atoms with van der Waals surface area (Å²) in [4.78, 5) is 29.6. The molecule has 2 aromatic heterocycles. The van der Waals surface area contributed by atoms with Crippen LogP contribution in [0.1, 0.15) is 48.5 Å². The zero-order valence-corrected chi connectivity index (χ0v) is 14.7. The van der Waals surface area contributed by atoms with Crippen LogP contribution in [0.3, 0.4) is 0 Å². The van der Waals surface area contributed by atoms with Gasteiger partial charge >= 0.3 is 5.97 Å². The number of rotatable bonds is 3. The Kier molecular flexibility index (Phi) is 4.32. The van der Waals surface area contributed by atoms with Crippen molar-refractivity contribution in [2.24, 2.45) is 0 Å². The molecule has 2 heterocycles. The van der Waals surface area contributed by atoms with Crippen molar-refractivity contribution < 1.29 is 9.53 Å². The Morgan fingerprint density at radius 2 is 1.96 bits per heavy atom. The van der Waals surface area contributed by atoms with E-state index < -0.39 is 5.97 Å². The van der Waals surface area contributed by atoms with Gasteiger partial charge in [0, 0.05) is 6.20 Å². The first-order valence-electron chi connectivity index (χ1n) is 8.97. The van der Waals surface area contributed by atoms with E-state index in [1.54, 1.807) is 24.4 Å². The summed E-state index contributed by atoms with van der Waals surface area (Å²) in [5, 5.41) is 0.518. The molecule has 134 valence electrons. The number of methoxy groups -OCH3 is 1. The van der Waals surface area contributed by atoms with Crippen LogP contribution in [0.5, 0.6) is 0 Å². The lowest BCUT2D eigenvalue weighted by molar-refractivity contribution is 0.0601. The third-order valence-electron chi connectivity index (χ3n) is 5.09. The summed E-state index contributed by atoms with van der Waals surface area (Å²) < 4.78 is 8.52. The topological polar surface area (TPSA) is 66.1 Å². The van der Waals surface area contributed by atoms with Gasteiger partial charge < -0.3 is 4.74 Å². The molecule has 1 aromatic carbocycles. The van der Waals surface area contributed by atoms with Gasteiger partial charge in [-0.1, -0.05) is 25.3 Å². The van der Waals surface area contributed by atoms with Gasteiger partial charge in [-0.15, -0.1) is 0 Å². The van der Waals surface area contributed by atoms with Crippen LogP contribution in [0, 0.1) is 0 Å². The van der Waals surface area contributed by atoms with E-state index in [0.29, 0.717) is 16.8 Å². The average Bonchev–Trinajstić information content (AvgIpc) is 3.00. The summed E-state index contributed by atoms with van der Waals surface area (Å²) in [5.74, 6) is 0.261. The van der Waals surface area contributed by atoms with Crippen LogP contribution in [-0.4, -0.2) is 27.4 Å². The Bertz CT molecular complexity index is 998. The lowest BCUT2D eigenvalue weighted by Gasteiger charge is -2.25. The summed E-state index contributed by atoms with van der Waals surface area (Å²) in [6.07, 6.45) is 7.13. The zero-order chi connectivity index (χ0) is 18.1. The minimum Gasteiger partial charge on any atom is -0.465 e. The first-order chi connectivity index (χ1) is 12.7. The summed E-state index contributed by atoms with van der Waals surface area (Å²) in [6, 6.07) is 10.9. The first-order valence-corrected chi connectivity index (χ1v) is 8.97. The van der Waals surface area contributed by atoms with Gasteiger partial charge in [0.25, 0.3) is 5.56 Å².